The number of anilines is 2. The second-order valence-electron chi connectivity index (χ2n) is 5.85. The van der Waals surface area contributed by atoms with Crippen LogP contribution in [-0.4, -0.2) is 45.3 Å². The third-order valence-corrected chi connectivity index (χ3v) is 4.48. The molecule has 1 atom stereocenters. The molecule has 1 fully saturated rings. The summed E-state index contributed by atoms with van der Waals surface area (Å²) in [6, 6.07) is 6.92. The molecular formula is C16H19N5O3S2. The Morgan fingerprint density at radius 2 is 2.23 bits per heavy atom. The number of aromatic nitrogens is 3. The molecule has 1 aromatic carbocycles. The molecule has 0 radical (unpaired) electrons. The first-order valence-corrected chi connectivity index (χ1v) is 9.01. The summed E-state index contributed by atoms with van der Waals surface area (Å²) in [5.41, 5.74) is 0.842. The highest BCUT2D eigenvalue weighted by atomic mass is 32.1. The number of hydrogen-bond acceptors (Lipinski definition) is 7. The number of carboxylic acids is 1. The second-order valence-corrected chi connectivity index (χ2v) is 6.65. The average Bonchev–Trinajstić information content (AvgIpc) is 2.61. The number of H-pyrrole nitrogens is 2. The minimum atomic E-state index is -0.792. The summed E-state index contributed by atoms with van der Waals surface area (Å²) in [7, 11) is 0. The lowest BCUT2D eigenvalue weighted by Crippen LogP contribution is -2.44. The van der Waals surface area contributed by atoms with E-state index in [0.717, 1.165) is 25.1 Å². The Kier molecular flexibility index (Phi) is 5.84. The van der Waals surface area contributed by atoms with Crippen molar-refractivity contribution in [3.63, 3.8) is 0 Å². The molecule has 0 spiro atoms. The van der Waals surface area contributed by atoms with E-state index in [-0.39, 0.29) is 11.5 Å². The molecule has 1 saturated heterocycles. The first kappa shape index (κ1) is 18.3. The number of aliphatic carboxylic acids is 1. The van der Waals surface area contributed by atoms with E-state index in [4.69, 9.17) is 29.2 Å². The predicted octanol–water partition coefficient (Wildman–Crippen LogP) is 3.09. The van der Waals surface area contributed by atoms with Crippen molar-refractivity contribution in [3.05, 3.63) is 33.8 Å². The smallest absolute Gasteiger partial charge is 0.326 e. The summed E-state index contributed by atoms with van der Waals surface area (Å²) in [6.45, 7) is 0.879. The van der Waals surface area contributed by atoms with Crippen LogP contribution in [-0.2, 0) is 4.79 Å². The van der Waals surface area contributed by atoms with Crippen molar-refractivity contribution in [1.82, 2.24) is 15.0 Å². The summed E-state index contributed by atoms with van der Waals surface area (Å²) in [4.78, 5) is 23.0. The van der Waals surface area contributed by atoms with E-state index in [1.54, 1.807) is 0 Å². The molecule has 2 aromatic rings. The molecule has 0 saturated carbocycles. The van der Waals surface area contributed by atoms with Gasteiger partial charge in [-0.2, -0.15) is 4.98 Å². The molecule has 1 aliphatic heterocycles. The van der Waals surface area contributed by atoms with Crippen LogP contribution in [0.5, 0.6) is 5.75 Å². The number of rotatable bonds is 6. The molecule has 1 aliphatic rings. The van der Waals surface area contributed by atoms with E-state index in [2.05, 4.69) is 20.3 Å². The third kappa shape index (κ3) is 4.58. The van der Waals surface area contributed by atoms with Crippen molar-refractivity contribution in [1.29, 1.82) is 0 Å². The number of ether oxygens (including phenoxy) is 1. The number of nitrogens with one attached hydrogen (secondary N) is 3. The Morgan fingerprint density at radius 1 is 1.38 bits per heavy atom. The van der Waals surface area contributed by atoms with Gasteiger partial charge in [-0.1, -0.05) is 6.07 Å². The maximum atomic E-state index is 11.5. The zero-order chi connectivity index (χ0) is 18.5. The van der Waals surface area contributed by atoms with Crippen molar-refractivity contribution in [3.8, 4) is 5.75 Å². The lowest BCUT2D eigenvalue weighted by Gasteiger charge is -2.35. The fourth-order valence-corrected chi connectivity index (χ4v) is 3.37. The Morgan fingerprint density at radius 3 is 3.00 bits per heavy atom. The number of hydrogen-bond donors (Lipinski definition) is 4. The minimum Gasteiger partial charge on any atom is -0.480 e. The maximum Gasteiger partial charge on any atom is 0.326 e. The van der Waals surface area contributed by atoms with Gasteiger partial charge in [-0.3, -0.25) is 0 Å². The molecule has 26 heavy (non-hydrogen) atoms. The van der Waals surface area contributed by atoms with E-state index in [1.165, 1.54) is 0 Å². The zero-order valence-electron chi connectivity index (χ0n) is 13.9. The Bertz CT molecular complexity index is 869. The van der Waals surface area contributed by atoms with E-state index in [9.17, 15) is 9.90 Å². The highest BCUT2D eigenvalue weighted by Gasteiger charge is 2.28. The Hall–Kier alpha value is -2.46. The molecular weight excluding hydrogens is 374 g/mol. The first-order valence-electron chi connectivity index (χ1n) is 8.20. The van der Waals surface area contributed by atoms with E-state index in [1.807, 2.05) is 29.2 Å². The SMILES string of the molecule is O=C(O)C1CCCCN1c1cccc(OCNc2nc(=S)[nH]c(=S)[nH]2)c1. The van der Waals surface area contributed by atoms with Gasteiger partial charge in [0.05, 0.1) is 0 Å². The van der Waals surface area contributed by atoms with Crippen molar-refractivity contribution in [2.75, 3.05) is 23.5 Å². The van der Waals surface area contributed by atoms with Gasteiger partial charge in [0, 0.05) is 18.3 Å². The van der Waals surface area contributed by atoms with Crippen LogP contribution in [0.25, 0.3) is 0 Å². The summed E-state index contributed by atoms with van der Waals surface area (Å²) < 4.78 is 6.35. The van der Waals surface area contributed by atoms with Gasteiger partial charge in [0.2, 0.25) is 10.7 Å². The van der Waals surface area contributed by atoms with E-state index >= 15 is 0 Å². The molecule has 1 unspecified atom stereocenters. The molecule has 8 nitrogen and oxygen atoms in total. The highest BCUT2D eigenvalue weighted by Crippen LogP contribution is 2.28. The van der Waals surface area contributed by atoms with Crippen LogP contribution in [0, 0.1) is 9.54 Å². The van der Waals surface area contributed by atoms with Gasteiger partial charge >= 0.3 is 5.97 Å². The molecule has 1 aromatic heterocycles. The van der Waals surface area contributed by atoms with Crippen molar-refractivity contribution < 1.29 is 14.6 Å². The van der Waals surface area contributed by atoms with Crippen LogP contribution in [0.3, 0.4) is 0 Å². The summed E-state index contributed by atoms with van der Waals surface area (Å²) in [5.74, 6) is 0.251. The van der Waals surface area contributed by atoms with Crippen LogP contribution in [0.2, 0.25) is 0 Å². The van der Waals surface area contributed by atoms with Gasteiger partial charge in [-0.15, -0.1) is 0 Å². The van der Waals surface area contributed by atoms with Crippen LogP contribution < -0.4 is 15.0 Å². The monoisotopic (exact) mass is 393 g/mol. The molecule has 0 bridgehead atoms. The fourth-order valence-electron chi connectivity index (χ4n) is 2.91. The third-order valence-electron chi connectivity index (χ3n) is 4.08. The zero-order valence-corrected chi connectivity index (χ0v) is 15.5. The lowest BCUT2D eigenvalue weighted by atomic mass is 10.0. The summed E-state index contributed by atoms with van der Waals surface area (Å²) in [6.07, 6.45) is 2.57. The lowest BCUT2D eigenvalue weighted by molar-refractivity contribution is -0.139. The number of carboxylic acid groups (broad SMARTS) is 1. The second kappa shape index (κ2) is 8.28. The number of nitrogens with zero attached hydrogens (tertiary/aromatic N) is 2. The molecule has 138 valence electrons. The van der Waals surface area contributed by atoms with Crippen LogP contribution >= 0.6 is 24.4 Å². The predicted molar refractivity (Wildman–Crippen MR) is 103 cm³/mol. The van der Waals surface area contributed by atoms with E-state index < -0.39 is 12.0 Å². The van der Waals surface area contributed by atoms with E-state index in [0.29, 0.717) is 22.9 Å². The van der Waals surface area contributed by atoms with Crippen molar-refractivity contribution in [2.45, 2.75) is 25.3 Å². The van der Waals surface area contributed by atoms with Gasteiger partial charge in [-0.05, 0) is 55.8 Å². The van der Waals surface area contributed by atoms with Gasteiger partial charge in [0.15, 0.2) is 11.5 Å². The van der Waals surface area contributed by atoms with Gasteiger partial charge in [0.25, 0.3) is 0 Å². The van der Waals surface area contributed by atoms with Gasteiger partial charge < -0.3 is 30.0 Å². The van der Waals surface area contributed by atoms with Crippen LogP contribution in [0.4, 0.5) is 11.6 Å². The molecule has 0 amide bonds. The topological polar surface area (TPSA) is 106 Å². The minimum absolute atomic E-state index is 0.156. The maximum absolute atomic E-state index is 11.5. The molecule has 10 heteroatoms. The summed E-state index contributed by atoms with van der Waals surface area (Å²) >= 11 is 9.97. The van der Waals surface area contributed by atoms with Crippen molar-refractivity contribution >= 4 is 42.0 Å². The quantitative estimate of drug-likeness (QED) is 0.438. The number of piperidine rings is 1. The Labute approximate surface area is 160 Å². The summed E-state index contributed by atoms with van der Waals surface area (Å²) in [5, 5.41) is 12.4. The molecule has 3 rings (SSSR count). The van der Waals surface area contributed by atoms with Gasteiger partial charge in [-0.25, -0.2) is 4.79 Å². The first-order chi connectivity index (χ1) is 12.5. The molecule has 2 heterocycles. The van der Waals surface area contributed by atoms with Crippen molar-refractivity contribution in [2.24, 2.45) is 0 Å². The largest absolute Gasteiger partial charge is 0.480 e. The normalized spacial score (nSPS) is 16.9. The molecule has 0 aliphatic carbocycles. The Balaban J connectivity index is 1.66. The average molecular weight is 393 g/mol. The number of carbonyl (C=O) groups is 1. The fraction of sp³-hybridized carbons (Fsp3) is 0.375. The van der Waals surface area contributed by atoms with Crippen LogP contribution in [0.15, 0.2) is 24.3 Å². The van der Waals surface area contributed by atoms with Gasteiger partial charge in [0.1, 0.15) is 11.8 Å². The standard InChI is InChI=1S/C16H19N5O3S2/c22-13(23)12-6-1-2-7-21(12)10-4-3-5-11(8-10)24-9-17-14-18-15(25)20-16(26)19-14/h3-5,8,12H,1-2,6-7,9H2,(H,22,23)(H3,17,18,19,20,25,26). The number of aromatic amines is 2. The molecule has 4 N–H and O–H groups in total. The van der Waals surface area contributed by atoms with Crippen LogP contribution in [0.1, 0.15) is 19.3 Å². The highest BCUT2D eigenvalue weighted by molar-refractivity contribution is 7.71. The number of benzene rings is 1.